The zero-order valence-corrected chi connectivity index (χ0v) is 6.78. The molecule has 0 fully saturated rings. The largest absolute Gasteiger partial charge is 0.478 e. The van der Waals surface area contributed by atoms with Crippen LogP contribution in [0.2, 0.25) is 0 Å². The molecule has 1 aliphatic heterocycles. The Kier molecular flexibility index (Phi) is 1.58. The molecule has 2 N–H and O–H groups in total. The standard InChI is InChI=1S/C8H8N2O3/c11-7-6-5(8(12)13)1-3-10(6)4-2-9-7/h1,3H,2,4H2,(H,9,11)(H,12,13). The topological polar surface area (TPSA) is 71.3 Å². The second-order valence-electron chi connectivity index (χ2n) is 2.83. The van der Waals surface area contributed by atoms with Gasteiger partial charge in [-0.1, -0.05) is 0 Å². The van der Waals surface area contributed by atoms with Crippen LogP contribution in [0.1, 0.15) is 20.8 Å². The fourth-order valence-electron chi connectivity index (χ4n) is 1.46. The Hall–Kier alpha value is -1.78. The smallest absolute Gasteiger partial charge is 0.338 e. The van der Waals surface area contributed by atoms with Crippen molar-refractivity contribution in [3.63, 3.8) is 0 Å². The Morgan fingerprint density at radius 1 is 1.62 bits per heavy atom. The summed E-state index contributed by atoms with van der Waals surface area (Å²) >= 11 is 0. The van der Waals surface area contributed by atoms with Crippen LogP contribution in [0.15, 0.2) is 12.3 Å². The molecule has 1 amide bonds. The summed E-state index contributed by atoms with van der Waals surface area (Å²) in [6.45, 7) is 1.19. The fraction of sp³-hybridized carbons (Fsp3) is 0.250. The maximum Gasteiger partial charge on any atom is 0.338 e. The van der Waals surface area contributed by atoms with Crippen LogP contribution in [0.25, 0.3) is 0 Å². The minimum Gasteiger partial charge on any atom is -0.478 e. The van der Waals surface area contributed by atoms with Gasteiger partial charge in [-0.15, -0.1) is 0 Å². The number of aromatic nitrogens is 1. The van der Waals surface area contributed by atoms with Crippen molar-refractivity contribution in [2.45, 2.75) is 6.54 Å². The Bertz CT molecular complexity index is 381. The fourth-order valence-corrected chi connectivity index (χ4v) is 1.46. The van der Waals surface area contributed by atoms with E-state index in [0.29, 0.717) is 13.1 Å². The molecule has 13 heavy (non-hydrogen) atoms. The molecule has 1 aromatic rings. The van der Waals surface area contributed by atoms with Gasteiger partial charge in [0, 0.05) is 19.3 Å². The first-order chi connectivity index (χ1) is 6.20. The van der Waals surface area contributed by atoms with Gasteiger partial charge in [-0.05, 0) is 6.07 Å². The highest BCUT2D eigenvalue weighted by Gasteiger charge is 2.23. The number of carboxylic acid groups (broad SMARTS) is 1. The molecule has 5 heteroatoms. The normalized spacial score (nSPS) is 14.9. The van der Waals surface area contributed by atoms with Crippen LogP contribution in [0.4, 0.5) is 0 Å². The number of carboxylic acids is 1. The predicted molar refractivity (Wildman–Crippen MR) is 43.7 cm³/mol. The van der Waals surface area contributed by atoms with E-state index in [1.807, 2.05) is 0 Å². The molecule has 5 nitrogen and oxygen atoms in total. The summed E-state index contributed by atoms with van der Waals surface area (Å²) in [6, 6.07) is 1.45. The average Bonchev–Trinajstić information content (AvgIpc) is 2.49. The van der Waals surface area contributed by atoms with Crippen molar-refractivity contribution in [3.8, 4) is 0 Å². The van der Waals surface area contributed by atoms with Gasteiger partial charge in [0.05, 0.1) is 5.56 Å². The van der Waals surface area contributed by atoms with E-state index >= 15 is 0 Å². The van der Waals surface area contributed by atoms with Gasteiger partial charge in [0.2, 0.25) is 0 Å². The van der Waals surface area contributed by atoms with Gasteiger partial charge >= 0.3 is 5.97 Å². The molecule has 68 valence electrons. The summed E-state index contributed by atoms with van der Waals surface area (Å²) in [5.74, 6) is -1.38. The Balaban J connectivity index is 2.56. The van der Waals surface area contributed by atoms with E-state index in [4.69, 9.17) is 5.11 Å². The van der Waals surface area contributed by atoms with E-state index in [2.05, 4.69) is 5.32 Å². The van der Waals surface area contributed by atoms with E-state index in [-0.39, 0.29) is 17.2 Å². The average molecular weight is 180 g/mol. The van der Waals surface area contributed by atoms with Gasteiger partial charge in [-0.25, -0.2) is 4.79 Å². The van der Waals surface area contributed by atoms with Gasteiger partial charge < -0.3 is 15.0 Å². The summed E-state index contributed by atoms with van der Waals surface area (Å²) in [6.07, 6.45) is 1.62. The number of carbonyl (C=O) groups excluding carboxylic acids is 1. The lowest BCUT2D eigenvalue weighted by atomic mass is 10.2. The zero-order valence-electron chi connectivity index (χ0n) is 6.78. The number of fused-ring (bicyclic) bond motifs is 1. The van der Waals surface area contributed by atoms with Crippen LogP contribution in [-0.2, 0) is 6.54 Å². The molecule has 0 bridgehead atoms. The molecule has 0 unspecified atom stereocenters. The number of nitrogens with one attached hydrogen (secondary N) is 1. The number of hydrogen-bond acceptors (Lipinski definition) is 2. The van der Waals surface area contributed by atoms with E-state index in [1.54, 1.807) is 10.8 Å². The number of nitrogens with zero attached hydrogens (tertiary/aromatic N) is 1. The molecule has 0 atom stereocenters. The minimum absolute atomic E-state index is 0.0669. The maximum atomic E-state index is 11.3. The van der Waals surface area contributed by atoms with Crippen LogP contribution in [-0.4, -0.2) is 28.1 Å². The van der Waals surface area contributed by atoms with Crippen molar-refractivity contribution < 1.29 is 14.7 Å². The molecular weight excluding hydrogens is 172 g/mol. The van der Waals surface area contributed by atoms with E-state index in [1.165, 1.54) is 6.07 Å². The molecule has 0 aliphatic carbocycles. The lowest BCUT2D eigenvalue weighted by molar-refractivity contribution is 0.0689. The van der Waals surface area contributed by atoms with E-state index in [0.717, 1.165) is 0 Å². The van der Waals surface area contributed by atoms with Crippen LogP contribution in [0, 0.1) is 0 Å². The summed E-state index contributed by atoms with van der Waals surface area (Å²) in [5, 5.41) is 11.4. The second kappa shape index (κ2) is 2.62. The van der Waals surface area contributed by atoms with Gasteiger partial charge in [0.1, 0.15) is 5.69 Å². The third kappa shape index (κ3) is 1.09. The number of carbonyl (C=O) groups is 2. The summed E-state index contributed by atoms with van der Waals surface area (Å²) in [5.41, 5.74) is 0.316. The molecule has 0 saturated carbocycles. The molecule has 0 spiro atoms. The number of aromatic carboxylic acids is 1. The second-order valence-corrected chi connectivity index (χ2v) is 2.83. The molecule has 2 heterocycles. The van der Waals surface area contributed by atoms with Crippen molar-refractivity contribution >= 4 is 11.9 Å². The highest BCUT2D eigenvalue weighted by Crippen LogP contribution is 2.13. The zero-order chi connectivity index (χ0) is 9.42. The molecule has 0 saturated heterocycles. The SMILES string of the molecule is O=C(O)c1ccn2c1C(=O)NCC2. The van der Waals surface area contributed by atoms with Gasteiger partial charge in [-0.3, -0.25) is 4.79 Å². The molecule has 1 aromatic heterocycles. The molecule has 0 aromatic carbocycles. The van der Waals surface area contributed by atoms with Crippen molar-refractivity contribution in [1.29, 1.82) is 0 Å². The lowest BCUT2D eigenvalue weighted by Crippen LogP contribution is -2.35. The van der Waals surface area contributed by atoms with Gasteiger partial charge in [0.15, 0.2) is 0 Å². The number of hydrogen-bond donors (Lipinski definition) is 2. The minimum atomic E-state index is -1.06. The van der Waals surface area contributed by atoms with Crippen molar-refractivity contribution in [3.05, 3.63) is 23.5 Å². The highest BCUT2D eigenvalue weighted by molar-refractivity contribution is 6.04. The first-order valence-electron chi connectivity index (χ1n) is 3.91. The third-order valence-electron chi connectivity index (χ3n) is 2.05. The first kappa shape index (κ1) is 7.85. The summed E-state index contributed by atoms with van der Waals surface area (Å²) in [4.78, 5) is 22.0. The summed E-state index contributed by atoms with van der Waals surface area (Å²) < 4.78 is 1.66. The molecular formula is C8H8N2O3. The van der Waals surface area contributed by atoms with Crippen molar-refractivity contribution in [2.24, 2.45) is 0 Å². The molecule has 0 radical (unpaired) electrons. The van der Waals surface area contributed by atoms with Crippen molar-refractivity contribution in [2.75, 3.05) is 6.54 Å². The van der Waals surface area contributed by atoms with Gasteiger partial charge in [-0.2, -0.15) is 0 Å². The van der Waals surface area contributed by atoms with Crippen LogP contribution >= 0.6 is 0 Å². The number of amides is 1. The first-order valence-corrected chi connectivity index (χ1v) is 3.91. The Morgan fingerprint density at radius 3 is 3.08 bits per heavy atom. The molecule has 1 aliphatic rings. The van der Waals surface area contributed by atoms with Gasteiger partial charge in [0.25, 0.3) is 5.91 Å². The quantitative estimate of drug-likeness (QED) is 0.635. The Labute approximate surface area is 74.0 Å². The van der Waals surface area contributed by atoms with E-state index in [9.17, 15) is 9.59 Å². The van der Waals surface area contributed by atoms with Crippen molar-refractivity contribution in [1.82, 2.24) is 9.88 Å². The monoisotopic (exact) mass is 180 g/mol. The van der Waals surface area contributed by atoms with E-state index < -0.39 is 5.97 Å². The number of rotatable bonds is 1. The van der Waals surface area contributed by atoms with Crippen LogP contribution < -0.4 is 5.32 Å². The third-order valence-corrected chi connectivity index (χ3v) is 2.05. The molecule has 2 rings (SSSR count). The van der Waals surface area contributed by atoms with Crippen LogP contribution in [0.5, 0.6) is 0 Å². The summed E-state index contributed by atoms with van der Waals surface area (Å²) in [7, 11) is 0. The Morgan fingerprint density at radius 2 is 2.38 bits per heavy atom. The van der Waals surface area contributed by atoms with Crippen LogP contribution in [0.3, 0.4) is 0 Å². The highest BCUT2D eigenvalue weighted by atomic mass is 16.4. The maximum absolute atomic E-state index is 11.3. The predicted octanol–water partition coefficient (Wildman–Crippen LogP) is -0.0703. The lowest BCUT2D eigenvalue weighted by Gasteiger charge is -2.16.